The van der Waals surface area contributed by atoms with Crippen molar-refractivity contribution in [1.82, 2.24) is 0 Å². The Morgan fingerprint density at radius 3 is 1.88 bits per heavy atom. The van der Waals surface area contributed by atoms with Gasteiger partial charge in [0.05, 0.1) is 0 Å². The summed E-state index contributed by atoms with van der Waals surface area (Å²) in [7, 11) is 0. The van der Waals surface area contributed by atoms with Gasteiger partial charge in [0.2, 0.25) is 0 Å². The highest BCUT2D eigenvalue weighted by atomic mass is 19.2. The van der Waals surface area contributed by atoms with Gasteiger partial charge in [-0.25, -0.2) is 8.78 Å². The zero-order valence-corrected chi connectivity index (χ0v) is 15.4. The molecule has 0 N–H and O–H groups in total. The van der Waals surface area contributed by atoms with E-state index in [9.17, 15) is 8.78 Å². The average Bonchev–Trinajstić information content (AvgIpc) is 2.60. The number of rotatable bonds is 4. The van der Waals surface area contributed by atoms with Crippen LogP contribution in [0.4, 0.5) is 8.78 Å². The number of hydrogen-bond acceptors (Lipinski definition) is 0. The van der Waals surface area contributed by atoms with Gasteiger partial charge in [-0.3, -0.25) is 0 Å². The van der Waals surface area contributed by atoms with E-state index in [4.69, 9.17) is 0 Å². The summed E-state index contributed by atoms with van der Waals surface area (Å²) in [5.41, 5.74) is 0. The van der Waals surface area contributed by atoms with Crippen molar-refractivity contribution in [1.29, 1.82) is 0 Å². The molecule has 0 radical (unpaired) electrons. The molecule has 0 aromatic heterocycles. The summed E-state index contributed by atoms with van der Waals surface area (Å²) in [5, 5.41) is 0. The second kappa shape index (κ2) is 8.32. The topological polar surface area (TPSA) is 0 Å². The van der Waals surface area contributed by atoms with E-state index in [-0.39, 0.29) is 11.8 Å². The van der Waals surface area contributed by atoms with E-state index in [0.29, 0.717) is 12.3 Å². The summed E-state index contributed by atoms with van der Waals surface area (Å²) >= 11 is 0. The third-order valence-electron chi connectivity index (χ3n) is 7.65. The van der Waals surface area contributed by atoms with Crippen LogP contribution >= 0.6 is 0 Å². The summed E-state index contributed by atoms with van der Waals surface area (Å²) in [6.07, 6.45) is 12.0. The predicted molar refractivity (Wildman–Crippen MR) is 97.4 cm³/mol. The zero-order valence-electron chi connectivity index (χ0n) is 15.4. The van der Waals surface area contributed by atoms with Crippen molar-refractivity contribution in [3.63, 3.8) is 0 Å². The maximum absolute atomic E-state index is 14.7. The first-order valence-electron chi connectivity index (χ1n) is 10.5. The summed E-state index contributed by atoms with van der Waals surface area (Å²) in [5.74, 6) is 2.98. The number of hydrogen-bond donors (Lipinski definition) is 0. The van der Waals surface area contributed by atoms with E-state index < -0.39 is 12.3 Å². The third kappa shape index (κ3) is 4.05. The first kappa shape index (κ1) is 18.4. The molecule has 0 saturated heterocycles. The van der Waals surface area contributed by atoms with E-state index in [1.807, 2.05) is 0 Å². The lowest BCUT2D eigenvalue weighted by atomic mass is 9.64. The molecule has 0 spiro atoms. The van der Waals surface area contributed by atoms with Gasteiger partial charge in [0.15, 0.2) is 0 Å². The van der Waals surface area contributed by atoms with Gasteiger partial charge in [0.25, 0.3) is 0 Å². The minimum Gasteiger partial charge on any atom is -0.244 e. The monoisotopic (exact) mass is 338 g/mol. The Kier molecular flexibility index (Phi) is 6.38. The number of alkyl halides is 2. The highest BCUT2D eigenvalue weighted by Gasteiger charge is 2.44. The Balaban J connectivity index is 1.49. The highest BCUT2D eigenvalue weighted by molar-refractivity contribution is 4.94. The molecule has 3 saturated carbocycles. The maximum Gasteiger partial charge on any atom is 0.135 e. The van der Waals surface area contributed by atoms with Gasteiger partial charge in [0.1, 0.15) is 12.3 Å². The van der Waals surface area contributed by atoms with Gasteiger partial charge < -0.3 is 0 Å². The molecule has 3 aliphatic carbocycles. The van der Waals surface area contributed by atoms with E-state index in [0.717, 1.165) is 43.4 Å². The van der Waals surface area contributed by atoms with Gasteiger partial charge in [0, 0.05) is 0 Å². The van der Waals surface area contributed by atoms with Gasteiger partial charge in [-0.2, -0.15) is 0 Å². The van der Waals surface area contributed by atoms with Crippen molar-refractivity contribution in [3.8, 4) is 0 Å². The molecule has 138 valence electrons. The molecular formula is C22H36F2. The lowest BCUT2D eigenvalue weighted by Gasteiger charge is -2.43. The lowest BCUT2D eigenvalue weighted by molar-refractivity contribution is -0.0140. The van der Waals surface area contributed by atoms with Crippen LogP contribution in [0.15, 0.2) is 12.7 Å². The molecule has 0 nitrogen and oxygen atoms in total. The molecule has 3 rings (SSSR count). The highest BCUT2D eigenvalue weighted by Crippen LogP contribution is 2.47. The van der Waals surface area contributed by atoms with Crippen molar-refractivity contribution >= 4 is 0 Å². The molecule has 0 aromatic rings. The molecule has 0 bridgehead atoms. The molecule has 0 heterocycles. The Morgan fingerprint density at radius 1 is 0.750 bits per heavy atom. The van der Waals surface area contributed by atoms with Crippen LogP contribution in [0, 0.1) is 35.5 Å². The standard InChI is InChI=1S/C22H36F2/c1-3-4-19-13-14-20(22(24)21(19)23)18-11-9-17(10-12-18)16-7-5-15(2)6-8-16/h3,15-22H,1,4-14H2,2H3. The Morgan fingerprint density at radius 2 is 1.29 bits per heavy atom. The van der Waals surface area contributed by atoms with Crippen LogP contribution in [0.3, 0.4) is 0 Å². The minimum absolute atomic E-state index is 0.0200. The number of allylic oxidation sites excluding steroid dienone is 1. The Labute approximate surface area is 147 Å². The molecule has 0 aromatic carbocycles. The third-order valence-corrected chi connectivity index (χ3v) is 7.65. The van der Waals surface area contributed by atoms with Gasteiger partial charge in [-0.05, 0) is 93.3 Å². The summed E-state index contributed by atoms with van der Waals surface area (Å²) in [4.78, 5) is 0. The fourth-order valence-corrected chi connectivity index (χ4v) is 5.98. The van der Waals surface area contributed by atoms with Gasteiger partial charge >= 0.3 is 0 Å². The molecular weight excluding hydrogens is 302 g/mol. The van der Waals surface area contributed by atoms with E-state index in [1.54, 1.807) is 6.08 Å². The Hall–Kier alpha value is -0.400. The van der Waals surface area contributed by atoms with E-state index in [2.05, 4.69) is 13.5 Å². The fourth-order valence-electron chi connectivity index (χ4n) is 5.98. The smallest absolute Gasteiger partial charge is 0.135 e. The summed E-state index contributed by atoms with van der Waals surface area (Å²) in [6.45, 7) is 6.07. The summed E-state index contributed by atoms with van der Waals surface area (Å²) < 4.78 is 29.1. The van der Waals surface area contributed by atoms with Crippen molar-refractivity contribution in [3.05, 3.63) is 12.7 Å². The van der Waals surface area contributed by atoms with Crippen molar-refractivity contribution < 1.29 is 8.78 Å². The molecule has 24 heavy (non-hydrogen) atoms. The summed E-state index contributed by atoms with van der Waals surface area (Å²) in [6, 6.07) is 0. The van der Waals surface area contributed by atoms with E-state index in [1.165, 1.54) is 38.5 Å². The van der Waals surface area contributed by atoms with Crippen molar-refractivity contribution in [2.24, 2.45) is 35.5 Å². The predicted octanol–water partition coefficient (Wildman–Crippen LogP) is 6.90. The lowest BCUT2D eigenvalue weighted by Crippen LogP contribution is -2.42. The zero-order chi connectivity index (χ0) is 17.1. The first-order valence-corrected chi connectivity index (χ1v) is 10.5. The second-order valence-corrected chi connectivity index (χ2v) is 9.11. The van der Waals surface area contributed by atoms with Crippen LogP contribution in [0.25, 0.3) is 0 Å². The molecule has 0 aliphatic heterocycles. The van der Waals surface area contributed by atoms with Crippen LogP contribution in [-0.2, 0) is 0 Å². The molecule has 0 amide bonds. The largest absolute Gasteiger partial charge is 0.244 e. The van der Waals surface area contributed by atoms with Crippen molar-refractivity contribution in [2.75, 3.05) is 0 Å². The first-order chi connectivity index (χ1) is 11.6. The number of halogens is 2. The van der Waals surface area contributed by atoms with Crippen LogP contribution in [0.1, 0.15) is 77.6 Å². The minimum atomic E-state index is -1.26. The fraction of sp³-hybridized carbons (Fsp3) is 0.909. The molecule has 3 aliphatic rings. The van der Waals surface area contributed by atoms with E-state index >= 15 is 0 Å². The molecule has 4 unspecified atom stereocenters. The van der Waals surface area contributed by atoms with Crippen LogP contribution in [-0.4, -0.2) is 12.3 Å². The molecule has 2 heteroatoms. The molecule has 3 fully saturated rings. The second-order valence-electron chi connectivity index (χ2n) is 9.11. The average molecular weight is 339 g/mol. The SMILES string of the molecule is C=CCC1CCC(C2CCC(C3CCC(C)CC3)CC2)C(F)C1F. The van der Waals surface area contributed by atoms with Crippen LogP contribution in [0.2, 0.25) is 0 Å². The normalized spacial score (nSPS) is 47.3. The maximum atomic E-state index is 14.7. The van der Waals surface area contributed by atoms with Crippen LogP contribution in [0.5, 0.6) is 0 Å². The van der Waals surface area contributed by atoms with Crippen LogP contribution < -0.4 is 0 Å². The molecule has 4 atom stereocenters. The quantitative estimate of drug-likeness (QED) is 0.489. The Bertz CT molecular complexity index is 391. The van der Waals surface area contributed by atoms with Gasteiger partial charge in [-0.1, -0.05) is 25.8 Å². The van der Waals surface area contributed by atoms with Gasteiger partial charge in [-0.15, -0.1) is 6.58 Å². The van der Waals surface area contributed by atoms with Crippen molar-refractivity contribution in [2.45, 2.75) is 89.9 Å².